The molecular weight excluding hydrogens is 397 g/mol. The fraction of sp³-hybridized carbons (Fsp3) is 0.348. The molecule has 0 bridgehead atoms. The lowest BCUT2D eigenvalue weighted by atomic mass is 9.86. The molecule has 1 fully saturated rings. The van der Waals surface area contributed by atoms with Gasteiger partial charge in [-0.05, 0) is 55.5 Å². The summed E-state index contributed by atoms with van der Waals surface area (Å²) in [4.78, 5) is 25.1. The summed E-state index contributed by atoms with van der Waals surface area (Å²) < 4.78 is 13.2. The summed E-state index contributed by atoms with van der Waals surface area (Å²) in [5, 5.41) is 16.2. The highest BCUT2D eigenvalue weighted by Gasteiger charge is 2.29. The number of hydrogen-bond acceptors (Lipinski definition) is 4. The maximum absolute atomic E-state index is 13.2. The molecule has 8 heteroatoms. The first kappa shape index (κ1) is 22.4. The van der Waals surface area contributed by atoms with Gasteiger partial charge in [0.15, 0.2) is 0 Å². The predicted molar refractivity (Wildman–Crippen MR) is 117 cm³/mol. The zero-order valence-electron chi connectivity index (χ0n) is 17.5. The zero-order chi connectivity index (χ0) is 22.4. The molecule has 1 heterocycles. The van der Waals surface area contributed by atoms with Crippen molar-refractivity contribution in [2.24, 2.45) is 5.73 Å². The Balaban J connectivity index is 1.49. The van der Waals surface area contributed by atoms with E-state index >= 15 is 0 Å². The third-order valence-electron chi connectivity index (χ3n) is 5.55. The van der Waals surface area contributed by atoms with E-state index in [-0.39, 0.29) is 29.4 Å². The van der Waals surface area contributed by atoms with Crippen LogP contribution in [0, 0.1) is 11.2 Å². The summed E-state index contributed by atoms with van der Waals surface area (Å²) in [5.74, 6) is -0.624. The van der Waals surface area contributed by atoms with Gasteiger partial charge in [-0.1, -0.05) is 36.4 Å². The number of rotatable bonds is 7. The van der Waals surface area contributed by atoms with Gasteiger partial charge in [0.2, 0.25) is 11.8 Å². The molecule has 0 unspecified atom stereocenters. The maximum atomic E-state index is 13.2. The number of amidine groups is 1. The number of piperidine rings is 1. The highest BCUT2D eigenvalue weighted by molar-refractivity contribution is 5.95. The number of halogens is 1. The largest absolute Gasteiger partial charge is 0.384 e. The van der Waals surface area contributed by atoms with Crippen LogP contribution < -0.4 is 21.7 Å². The number of nitrogen functional groups attached to an aromatic ring is 1. The van der Waals surface area contributed by atoms with Crippen molar-refractivity contribution in [2.75, 3.05) is 6.54 Å². The van der Waals surface area contributed by atoms with Crippen LogP contribution in [0.2, 0.25) is 0 Å². The van der Waals surface area contributed by atoms with Gasteiger partial charge in [-0.2, -0.15) is 0 Å². The molecule has 1 aliphatic heterocycles. The Morgan fingerprint density at radius 3 is 2.52 bits per heavy atom. The minimum absolute atomic E-state index is 0.00934. The Morgan fingerprint density at radius 2 is 1.87 bits per heavy atom. The number of carbonyl (C=O) groups is 2. The van der Waals surface area contributed by atoms with E-state index in [9.17, 15) is 14.0 Å². The Morgan fingerprint density at radius 1 is 1.19 bits per heavy atom. The van der Waals surface area contributed by atoms with Gasteiger partial charge in [0.1, 0.15) is 17.7 Å². The molecule has 3 rings (SSSR count). The van der Waals surface area contributed by atoms with Gasteiger partial charge in [0.25, 0.3) is 0 Å². The molecule has 31 heavy (non-hydrogen) atoms. The predicted octanol–water partition coefficient (Wildman–Crippen LogP) is 1.77. The third-order valence-corrected chi connectivity index (χ3v) is 5.55. The molecule has 7 nitrogen and oxygen atoms in total. The molecule has 6 N–H and O–H groups in total. The van der Waals surface area contributed by atoms with Crippen LogP contribution in [-0.4, -0.2) is 36.3 Å². The van der Waals surface area contributed by atoms with Crippen LogP contribution in [0.5, 0.6) is 0 Å². The maximum Gasteiger partial charge on any atom is 0.242 e. The lowest BCUT2D eigenvalue weighted by Crippen LogP contribution is -2.53. The molecule has 2 aromatic carbocycles. The number of carbonyl (C=O) groups excluding carboxylic acids is 2. The summed E-state index contributed by atoms with van der Waals surface area (Å²) >= 11 is 0. The molecule has 0 aliphatic carbocycles. The Labute approximate surface area is 181 Å². The monoisotopic (exact) mass is 425 g/mol. The first-order valence-corrected chi connectivity index (χ1v) is 10.3. The summed E-state index contributed by atoms with van der Waals surface area (Å²) in [6.07, 6.45) is 1.46. The molecule has 2 amide bonds. The van der Waals surface area contributed by atoms with Crippen molar-refractivity contribution in [3.05, 3.63) is 71.0 Å². The van der Waals surface area contributed by atoms with Crippen molar-refractivity contribution in [3.8, 4) is 0 Å². The fourth-order valence-electron chi connectivity index (χ4n) is 3.68. The van der Waals surface area contributed by atoms with E-state index in [1.54, 1.807) is 43.3 Å². The van der Waals surface area contributed by atoms with Crippen LogP contribution >= 0.6 is 0 Å². The minimum Gasteiger partial charge on any atom is -0.384 e. The summed E-state index contributed by atoms with van der Waals surface area (Å²) in [6, 6.07) is 12.3. The molecule has 164 valence electrons. The molecule has 0 saturated carbocycles. The molecule has 0 aromatic heterocycles. The summed E-state index contributed by atoms with van der Waals surface area (Å²) in [7, 11) is 0. The SMILES string of the molecule is C[C@H](NC(=O)[C@H]1C[C@@H](c2ccc(F)cc2)CCN1)C(=O)NCc1ccc(C(=N)N)cc1. The van der Waals surface area contributed by atoms with E-state index in [4.69, 9.17) is 11.1 Å². The second kappa shape index (κ2) is 10.2. The first-order valence-electron chi connectivity index (χ1n) is 10.3. The average molecular weight is 426 g/mol. The third kappa shape index (κ3) is 6.11. The number of hydrogen-bond donors (Lipinski definition) is 5. The van der Waals surface area contributed by atoms with Crippen molar-refractivity contribution in [2.45, 2.75) is 44.3 Å². The number of nitrogens with one attached hydrogen (secondary N) is 4. The van der Waals surface area contributed by atoms with Gasteiger partial charge in [-0.15, -0.1) is 0 Å². The molecule has 3 atom stereocenters. The minimum atomic E-state index is -0.683. The van der Waals surface area contributed by atoms with Gasteiger partial charge in [-0.3, -0.25) is 15.0 Å². The molecule has 0 radical (unpaired) electrons. The highest BCUT2D eigenvalue weighted by atomic mass is 19.1. The summed E-state index contributed by atoms with van der Waals surface area (Å²) in [6.45, 7) is 2.63. The van der Waals surface area contributed by atoms with Crippen molar-refractivity contribution in [1.82, 2.24) is 16.0 Å². The van der Waals surface area contributed by atoms with Crippen LogP contribution in [0.15, 0.2) is 48.5 Å². The number of amides is 2. The zero-order valence-corrected chi connectivity index (χ0v) is 17.5. The van der Waals surface area contributed by atoms with E-state index in [1.165, 1.54) is 12.1 Å². The van der Waals surface area contributed by atoms with E-state index in [0.29, 0.717) is 25.1 Å². The second-order valence-corrected chi connectivity index (χ2v) is 7.84. The number of benzene rings is 2. The quantitative estimate of drug-likeness (QED) is 0.343. The van der Waals surface area contributed by atoms with Crippen molar-refractivity contribution >= 4 is 17.6 Å². The van der Waals surface area contributed by atoms with Crippen molar-refractivity contribution in [1.29, 1.82) is 5.41 Å². The summed E-state index contributed by atoms with van der Waals surface area (Å²) in [5.41, 5.74) is 7.94. The van der Waals surface area contributed by atoms with Crippen LogP contribution in [-0.2, 0) is 16.1 Å². The second-order valence-electron chi connectivity index (χ2n) is 7.84. The van der Waals surface area contributed by atoms with Gasteiger partial charge >= 0.3 is 0 Å². The lowest BCUT2D eigenvalue weighted by Gasteiger charge is -2.30. The van der Waals surface area contributed by atoms with E-state index in [1.807, 2.05) is 0 Å². The molecule has 1 aliphatic rings. The lowest BCUT2D eigenvalue weighted by molar-refractivity contribution is -0.130. The van der Waals surface area contributed by atoms with Gasteiger partial charge < -0.3 is 21.7 Å². The Hall–Kier alpha value is -3.26. The number of nitrogens with two attached hydrogens (primary N) is 1. The van der Waals surface area contributed by atoms with Crippen molar-refractivity contribution < 1.29 is 14.0 Å². The van der Waals surface area contributed by atoms with Crippen LogP contribution in [0.4, 0.5) is 4.39 Å². The Kier molecular flexibility index (Phi) is 7.36. The normalized spacial score (nSPS) is 19.3. The van der Waals surface area contributed by atoms with Crippen LogP contribution in [0.3, 0.4) is 0 Å². The van der Waals surface area contributed by atoms with Gasteiger partial charge in [-0.25, -0.2) is 4.39 Å². The smallest absolute Gasteiger partial charge is 0.242 e. The topological polar surface area (TPSA) is 120 Å². The Bertz CT molecular complexity index is 930. The molecule has 2 aromatic rings. The van der Waals surface area contributed by atoms with Gasteiger partial charge in [0.05, 0.1) is 6.04 Å². The first-order chi connectivity index (χ1) is 14.8. The van der Waals surface area contributed by atoms with Crippen LogP contribution in [0.25, 0.3) is 0 Å². The standard InChI is InChI=1S/C23H28FN5O2/c1-14(22(30)28-13-15-2-4-17(5-3-15)21(25)26)29-23(31)20-12-18(10-11-27-20)16-6-8-19(24)9-7-16/h2-9,14,18,20,27H,10-13H2,1H3,(H3,25,26)(H,28,30)(H,29,31)/t14-,18-,20+/m0/s1. The molecule has 0 spiro atoms. The van der Waals surface area contributed by atoms with E-state index < -0.39 is 12.1 Å². The molecule has 1 saturated heterocycles. The van der Waals surface area contributed by atoms with Crippen LogP contribution in [0.1, 0.15) is 42.4 Å². The van der Waals surface area contributed by atoms with E-state index in [0.717, 1.165) is 17.5 Å². The average Bonchev–Trinajstić information content (AvgIpc) is 2.78. The van der Waals surface area contributed by atoms with E-state index in [2.05, 4.69) is 16.0 Å². The van der Waals surface area contributed by atoms with Gasteiger partial charge in [0, 0.05) is 12.1 Å². The highest BCUT2D eigenvalue weighted by Crippen LogP contribution is 2.28. The fourth-order valence-corrected chi connectivity index (χ4v) is 3.68. The molecular formula is C23H28FN5O2. The van der Waals surface area contributed by atoms with Crippen molar-refractivity contribution in [3.63, 3.8) is 0 Å².